The molecule has 1 aromatic rings. The van der Waals surface area contributed by atoms with E-state index in [2.05, 4.69) is 30.0 Å². The summed E-state index contributed by atoms with van der Waals surface area (Å²) in [6, 6.07) is 7.35. The molecule has 3 N–H and O–H groups in total. The number of hydrogen-bond acceptors (Lipinski definition) is 3. The van der Waals surface area contributed by atoms with Crippen LogP contribution in [0.25, 0.3) is 0 Å². The number of ether oxygens (including phenoxy) is 1. The molecule has 0 aliphatic heterocycles. The highest BCUT2D eigenvalue weighted by Gasteiger charge is 2.27. The first-order chi connectivity index (χ1) is 11.5. The highest BCUT2D eigenvalue weighted by atomic mass is 35.5. The number of halogens is 1. The van der Waals surface area contributed by atoms with Gasteiger partial charge < -0.3 is 10.1 Å². The van der Waals surface area contributed by atoms with Crippen LogP contribution in [-0.4, -0.2) is 23.7 Å². The Kier molecular flexibility index (Phi) is 7.12. The van der Waals surface area contributed by atoms with Gasteiger partial charge in [-0.1, -0.05) is 50.4 Å². The number of thiocarbonyl (C=S) groups is 1. The predicted molar refractivity (Wildman–Crippen MR) is 99.9 cm³/mol. The zero-order valence-corrected chi connectivity index (χ0v) is 15.5. The average Bonchev–Trinajstić information content (AvgIpc) is 2.56. The maximum Gasteiger partial charge on any atom is 0.276 e. The van der Waals surface area contributed by atoms with Crippen molar-refractivity contribution < 1.29 is 9.53 Å². The van der Waals surface area contributed by atoms with E-state index in [-0.39, 0.29) is 12.5 Å². The van der Waals surface area contributed by atoms with E-state index in [4.69, 9.17) is 28.6 Å². The standard InChI is InChI=1S/C17H24ClN3O2S/c1-11-6-5-8-14(12(11)2)19-17(24)21-20-16(22)10-23-15-9-4-3-7-13(15)18/h3-4,7,9,11-12,14H,5-6,8,10H2,1-2H3,(H,20,22)(H2,19,21,24)/t11-,12-,14-/m1/s1. The zero-order chi connectivity index (χ0) is 17.5. The van der Waals surface area contributed by atoms with Gasteiger partial charge in [-0.05, 0) is 42.6 Å². The first-order valence-electron chi connectivity index (χ1n) is 8.20. The molecule has 0 saturated heterocycles. The van der Waals surface area contributed by atoms with Crippen molar-refractivity contribution in [2.24, 2.45) is 11.8 Å². The number of rotatable bonds is 4. The normalized spacial score (nSPS) is 23.2. The minimum absolute atomic E-state index is 0.143. The third kappa shape index (κ3) is 5.53. The largest absolute Gasteiger partial charge is 0.482 e. The van der Waals surface area contributed by atoms with Crippen molar-refractivity contribution in [3.05, 3.63) is 29.3 Å². The van der Waals surface area contributed by atoms with Crippen molar-refractivity contribution in [3.63, 3.8) is 0 Å². The van der Waals surface area contributed by atoms with Gasteiger partial charge in [0.1, 0.15) is 5.75 Å². The lowest BCUT2D eigenvalue weighted by molar-refractivity contribution is -0.123. The maximum atomic E-state index is 11.8. The molecule has 0 bridgehead atoms. The summed E-state index contributed by atoms with van der Waals surface area (Å²) >= 11 is 11.2. The number of hydrogen-bond donors (Lipinski definition) is 3. The molecule has 24 heavy (non-hydrogen) atoms. The van der Waals surface area contributed by atoms with Crippen molar-refractivity contribution in [2.45, 2.75) is 39.2 Å². The van der Waals surface area contributed by atoms with Gasteiger partial charge in [0.15, 0.2) is 11.7 Å². The summed E-state index contributed by atoms with van der Waals surface area (Å²) in [4.78, 5) is 11.8. The molecule has 0 aromatic heterocycles. The molecule has 1 aliphatic rings. The summed E-state index contributed by atoms with van der Waals surface area (Å²) in [5, 5.41) is 4.17. The Labute approximate surface area is 153 Å². The van der Waals surface area contributed by atoms with Crippen LogP contribution in [0.4, 0.5) is 0 Å². The molecular weight excluding hydrogens is 346 g/mol. The quantitative estimate of drug-likeness (QED) is 0.562. The van der Waals surface area contributed by atoms with Gasteiger partial charge >= 0.3 is 0 Å². The zero-order valence-electron chi connectivity index (χ0n) is 14.0. The van der Waals surface area contributed by atoms with E-state index in [0.717, 1.165) is 6.42 Å². The Hall–Kier alpha value is -1.53. The van der Waals surface area contributed by atoms with Crippen molar-refractivity contribution in [3.8, 4) is 5.75 Å². The molecule has 2 rings (SSSR count). The number of para-hydroxylation sites is 1. The molecule has 0 heterocycles. The summed E-state index contributed by atoms with van der Waals surface area (Å²) in [7, 11) is 0. The van der Waals surface area contributed by atoms with Crippen LogP contribution in [0.1, 0.15) is 33.1 Å². The highest BCUT2D eigenvalue weighted by Crippen LogP contribution is 2.29. The molecule has 5 nitrogen and oxygen atoms in total. The van der Waals surface area contributed by atoms with Crippen LogP contribution in [0, 0.1) is 11.8 Å². The Morgan fingerprint density at radius 1 is 1.29 bits per heavy atom. The predicted octanol–water partition coefficient (Wildman–Crippen LogP) is 3.04. The second-order valence-electron chi connectivity index (χ2n) is 6.24. The van der Waals surface area contributed by atoms with E-state index >= 15 is 0 Å². The number of amides is 1. The van der Waals surface area contributed by atoms with Crippen LogP contribution in [0.3, 0.4) is 0 Å². The van der Waals surface area contributed by atoms with E-state index < -0.39 is 0 Å². The first-order valence-corrected chi connectivity index (χ1v) is 8.98. The van der Waals surface area contributed by atoms with E-state index in [9.17, 15) is 4.79 Å². The van der Waals surface area contributed by atoms with E-state index in [1.54, 1.807) is 24.3 Å². The van der Waals surface area contributed by atoms with Crippen molar-refractivity contribution in [1.82, 2.24) is 16.2 Å². The summed E-state index contributed by atoms with van der Waals surface area (Å²) in [5.41, 5.74) is 5.25. The molecule has 1 saturated carbocycles. The maximum absolute atomic E-state index is 11.8. The van der Waals surface area contributed by atoms with Crippen LogP contribution in [0.5, 0.6) is 5.75 Å². The second kappa shape index (κ2) is 9.08. The first kappa shape index (κ1) is 18.8. The molecule has 7 heteroatoms. The van der Waals surface area contributed by atoms with Crippen LogP contribution in [0.2, 0.25) is 5.02 Å². The lowest BCUT2D eigenvalue weighted by Gasteiger charge is -2.35. The smallest absolute Gasteiger partial charge is 0.276 e. The number of nitrogens with one attached hydrogen (secondary N) is 3. The second-order valence-corrected chi connectivity index (χ2v) is 7.05. The Balaban J connectivity index is 1.69. The monoisotopic (exact) mass is 369 g/mol. The van der Waals surface area contributed by atoms with Gasteiger partial charge in [0.25, 0.3) is 5.91 Å². The van der Waals surface area contributed by atoms with Gasteiger partial charge in [0.2, 0.25) is 0 Å². The van der Waals surface area contributed by atoms with E-state index in [0.29, 0.717) is 33.8 Å². The SMILES string of the molecule is C[C@@H]1[C@H](C)CCC[C@H]1NC(=S)NNC(=O)COc1ccccc1Cl. The van der Waals surface area contributed by atoms with Crippen molar-refractivity contribution in [2.75, 3.05) is 6.61 Å². The number of hydrazine groups is 1. The molecule has 0 radical (unpaired) electrons. The lowest BCUT2D eigenvalue weighted by atomic mass is 9.78. The Morgan fingerprint density at radius 3 is 2.79 bits per heavy atom. The number of carbonyl (C=O) groups excluding carboxylic acids is 1. The summed E-state index contributed by atoms with van der Waals surface area (Å²) in [6.45, 7) is 4.36. The molecule has 1 amide bonds. The third-order valence-electron chi connectivity index (χ3n) is 4.53. The third-order valence-corrected chi connectivity index (χ3v) is 5.07. The highest BCUT2D eigenvalue weighted by molar-refractivity contribution is 7.80. The molecule has 3 atom stereocenters. The van der Waals surface area contributed by atoms with Crippen molar-refractivity contribution >= 4 is 34.8 Å². The fourth-order valence-electron chi connectivity index (χ4n) is 2.86. The van der Waals surface area contributed by atoms with Gasteiger partial charge in [-0.25, -0.2) is 0 Å². The van der Waals surface area contributed by atoms with Gasteiger partial charge in [0.05, 0.1) is 5.02 Å². The minimum atomic E-state index is -0.330. The average molecular weight is 370 g/mol. The lowest BCUT2D eigenvalue weighted by Crippen LogP contribution is -2.53. The Morgan fingerprint density at radius 2 is 2.04 bits per heavy atom. The molecular formula is C17H24ClN3O2S. The van der Waals surface area contributed by atoms with E-state index in [1.807, 2.05) is 0 Å². The van der Waals surface area contributed by atoms with Gasteiger partial charge in [-0.2, -0.15) is 0 Å². The van der Waals surface area contributed by atoms with Crippen LogP contribution in [0.15, 0.2) is 24.3 Å². The molecule has 1 aliphatic carbocycles. The summed E-state index contributed by atoms with van der Waals surface area (Å²) in [5.74, 6) is 1.37. The Bertz CT molecular complexity index is 585. The summed E-state index contributed by atoms with van der Waals surface area (Å²) < 4.78 is 5.36. The fourth-order valence-corrected chi connectivity index (χ4v) is 3.25. The number of benzene rings is 1. The number of carbonyl (C=O) groups is 1. The van der Waals surface area contributed by atoms with Gasteiger partial charge in [-0.3, -0.25) is 15.6 Å². The molecule has 0 spiro atoms. The minimum Gasteiger partial charge on any atom is -0.482 e. The molecule has 0 unspecified atom stereocenters. The van der Waals surface area contributed by atoms with Gasteiger partial charge in [0, 0.05) is 6.04 Å². The fraction of sp³-hybridized carbons (Fsp3) is 0.529. The van der Waals surface area contributed by atoms with Crippen LogP contribution >= 0.6 is 23.8 Å². The van der Waals surface area contributed by atoms with Crippen LogP contribution < -0.4 is 20.9 Å². The molecule has 132 valence electrons. The van der Waals surface area contributed by atoms with Gasteiger partial charge in [-0.15, -0.1) is 0 Å². The van der Waals surface area contributed by atoms with E-state index in [1.165, 1.54) is 12.8 Å². The topological polar surface area (TPSA) is 62.4 Å². The van der Waals surface area contributed by atoms with Crippen molar-refractivity contribution in [1.29, 1.82) is 0 Å². The summed E-state index contributed by atoms with van der Waals surface area (Å²) in [6.07, 6.45) is 3.55. The van der Waals surface area contributed by atoms with Crippen LogP contribution in [-0.2, 0) is 4.79 Å². The molecule has 1 aromatic carbocycles. The molecule has 1 fully saturated rings.